The summed E-state index contributed by atoms with van der Waals surface area (Å²) in [5.74, 6) is 0.0253. The minimum Gasteiger partial charge on any atom is -0.348 e. The lowest BCUT2D eigenvalue weighted by molar-refractivity contribution is -0.126. The molecule has 2 aromatic carbocycles. The molecule has 0 radical (unpaired) electrons. The smallest absolute Gasteiger partial charge is 0.239 e. The van der Waals surface area contributed by atoms with Crippen LogP contribution in [0.2, 0.25) is 0 Å². The molecule has 0 fully saturated rings. The van der Waals surface area contributed by atoms with Gasteiger partial charge in [0.15, 0.2) is 0 Å². The van der Waals surface area contributed by atoms with Gasteiger partial charge in [-0.05, 0) is 23.6 Å². The normalized spacial score (nSPS) is 16.0. The van der Waals surface area contributed by atoms with E-state index in [2.05, 4.69) is 10.6 Å². The van der Waals surface area contributed by atoms with Gasteiger partial charge in [0.05, 0.1) is 19.0 Å². The minimum absolute atomic E-state index is 0.0834. The zero-order valence-electron chi connectivity index (χ0n) is 13.6. The van der Waals surface area contributed by atoms with Crippen LogP contribution in [0.15, 0.2) is 53.4 Å². The number of halogens is 1. The number of rotatable bonds is 5. The summed E-state index contributed by atoms with van der Waals surface area (Å²) in [5, 5.41) is 5.51. The van der Waals surface area contributed by atoms with Crippen LogP contribution in [0.5, 0.6) is 0 Å². The Labute approximate surface area is 150 Å². The van der Waals surface area contributed by atoms with Crippen molar-refractivity contribution in [1.82, 2.24) is 10.6 Å². The van der Waals surface area contributed by atoms with Crippen molar-refractivity contribution in [2.75, 3.05) is 12.3 Å². The Morgan fingerprint density at radius 1 is 1.08 bits per heavy atom. The summed E-state index contributed by atoms with van der Waals surface area (Å²) < 4.78 is 13.9. The lowest BCUT2D eigenvalue weighted by Gasteiger charge is -2.26. The number of fused-ring (bicyclic) bond motifs is 1. The van der Waals surface area contributed by atoms with E-state index in [1.807, 2.05) is 36.4 Å². The van der Waals surface area contributed by atoms with Gasteiger partial charge in [0, 0.05) is 10.6 Å². The average Bonchev–Trinajstić information content (AvgIpc) is 2.62. The van der Waals surface area contributed by atoms with Crippen LogP contribution in [0.1, 0.15) is 23.6 Å². The Hall–Kier alpha value is -2.34. The first kappa shape index (κ1) is 17.5. The highest BCUT2D eigenvalue weighted by Crippen LogP contribution is 2.37. The molecule has 1 aliphatic heterocycles. The molecule has 0 saturated carbocycles. The summed E-state index contributed by atoms with van der Waals surface area (Å²) in [6, 6.07) is 14.1. The number of carbonyl (C=O) groups excluding carboxylic acids is 2. The van der Waals surface area contributed by atoms with E-state index < -0.39 is 0 Å². The van der Waals surface area contributed by atoms with Gasteiger partial charge in [-0.15, -0.1) is 11.8 Å². The predicted octanol–water partition coefficient (Wildman–Crippen LogP) is 2.84. The average molecular weight is 358 g/mol. The maximum Gasteiger partial charge on any atom is 0.239 e. The topological polar surface area (TPSA) is 58.2 Å². The van der Waals surface area contributed by atoms with Crippen LogP contribution in [-0.2, 0) is 16.0 Å². The van der Waals surface area contributed by atoms with E-state index in [-0.39, 0.29) is 36.6 Å². The fourth-order valence-corrected chi connectivity index (χ4v) is 3.95. The van der Waals surface area contributed by atoms with Crippen LogP contribution in [0.25, 0.3) is 0 Å². The highest BCUT2D eigenvalue weighted by Gasteiger charge is 2.24. The van der Waals surface area contributed by atoms with Crippen molar-refractivity contribution in [1.29, 1.82) is 0 Å². The predicted molar refractivity (Wildman–Crippen MR) is 95.8 cm³/mol. The molecule has 0 bridgehead atoms. The minimum atomic E-state index is -0.270. The van der Waals surface area contributed by atoms with Crippen LogP contribution in [0.4, 0.5) is 4.39 Å². The van der Waals surface area contributed by atoms with Gasteiger partial charge >= 0.3 is 0 Å². The summed E-state index contributed by atoms with van der Waals surface area (Å²) in [5.41, 5.74) is 1.70. The van der Waals surface area contributed by atoms with Crippen molar-refractivity contribution in [3.63, 3.8) is 0 Å². The molecule has 0 aliphatic carbocycles. The van der Waals surface area contributed by atoms with Crippen LogP contribution in [0, 0.1) is 5.82 Å². The molecule has 25 heavy (non-hydrogen) atoms. The Kier molecular flexibility index (Phi) is 5.71. The van der Waals surface area contributed by atoms with Gasteiger partial charge in [0.25, 0.3) is 0 Å². The second-order valence-corrected chi connectivity index (χ2v) is 6.96. The second-order valence-electron chi connectivity index (χ2n) is 5.85. The number of thioether (sulfide) groups is 1. The number of carbonyl (C=O) groups is 2. The molecule has 4 nitrogen and oxygen atoms in total. The van der Waals surface area contributed by atoms with E-state index in [9.17, 15) is 14.0 Å². The molecular weight excluding hydrogens is 339 g/mol. The number of hydrogen-bond donors (Lipinski definition) is 2. The molecular formula is C19H19FN2O2S. The summed E-state index contributed by atoms with van der Waals surface area (Å²) in [6.07, 6.45) is 0.979. The summed E-state index contributed by atoms with van der Waals surface area (Å²) in [4.78, 5) is 24.6. The molecule has 1 heterocycles. The van der Waals surface area contributed by atoms with E-state index in [0.717, 1.165) is 23.3 Å². The Morgan fingerprint density at radius 3 is 2.68 bits per heavy atom. The molecule has 2 aromatic rings. The highest BCUT2D eigenvalue weighted by atomic mass is 32.2. The van der Waals surface area contributed by atoms with Gasteiger partial charge in [-0.1, -0.05) is 42.5 Å². The molecule has 130 valence electrons. The maximum atomic E-state index is 13.9. The fourth-order valence-electron chi connectivity index (χ4n) is 2.80. The first-order valence-electron chi connectivity index (χ1n) is 8.14. The molecule has 2 N–H and O–H groups in total. The molecule has 1 aliphatic rings. The van der Waals surface area contributed by atoms with Gasteiger partial charge in [0.2, 0.25) is 11.8 Å². The third-order valence-electron chi connectivity index (χ3n) is 4.01. The van der Waals surface area contributed by atoms with Gasteiger partial charge in [-0.25, -0.2) is 4.39 Å². The summed E-state index contributed by atoms with van der Waals surface area (Å²) >= 11 is 1.47. The molecule has 0 spiro atoms. The van der Waals surface area contributed by atoms with Gasteiger partial charge in [0.1, 0.15) is 5.82 Å². The second kappa shape index (κ2) is 8.16. The number of hydrogen-bond acceptors (Lipinski definition) is 3. The van der Waals surface area contributed by atoms with Crippen molar-refractivity contribution in [3.05, 3.63) is 65.5 Å². The van der Waals surface area contributed by atoms with E-state index in [4.69, 9.17) is 0 Å². The first-order valence-corrected chi connectivity index (χ1v) is 9.13. The van der Waals surface area contributed by atoms with E-state index in [1.165, 1.54) is 17.8 Å². The van der Waals surface area contributed by atoms with E-state index in [1.54, 1.807) is 6.07 Å². The number of nitrogens with one attached hydrogen (secondary N) is 2. The zero-order valence-corrected chi connectivity index (χ0v) is 14.4. The Morgan fingerprint density at radius 2 is 1.88 bits per heavy atom. The van der Waals surface area contributed by atoms with Crippen molar-refractivity contribution in [3.8, 4) is 0 Å². The monoisotopic (exact) mass is 358 g/mol. The molecule has 0 saturated heterocycles. The van der Waals surface area contributed by atoms with Gasteiger partial charge in [-0.2, -0.15) is 0 Å². The molecule has 1 atom stereocenters. The quantitative estimate of drug-likeness (QED) is 0.864. The lowest BCUT2D eigenvalue weighted by Crippen LogP contribution is -2.40. The van der Waals surface area contributed by atoms with Crippen molar-refractivity contribution >= 4 is 23.6 Å². The standard InChI is InChI=1S/C19H19FN2O2S/c20-15-8-4-7-14-16(9-10-25-19(14)15)22-18(24)12-21-17(23)11-13-5-2-1-3-6-13/h1-8,16H,9-12H2,(H,21,23)(H,22,24). The summed E-state index contributed by atoms with van der Waals surface area (Å²) in [7, 11) is 0. The fraction of sp³-hybridized carbons (Fsp3) is 0.263. The number of benzene rings is 2. The third kappa shape index (κ3) is 4.60. The molecule has 3 rings (SSSR count). The lowest BCUT2D eigenvalue weighted by atomic mass is 10.0. The number of amides is 2. The van der Waals surface area contributed by atoms with Crippen molar-refractivity contribution in [2.24, 2.45) is 0 Å². The van der Waals surface area contributed by atoms with E-state index >= 15 is 0 Å². The van der Waals surface area contributed by atoms with Crippen molar-refractivity contribution in [2.45, 2.75) is 23.8 Å². The summed E-state index contributed by atoms with van der Waals surface area (Å²) in [6.45, 7) is -0.0834. The first-order chi connectivity index (χ1) is 12.1. The van der Waals surface area contributed by atoms with Crippen LogP contribution in [0.3, 0.4) is 0 Å². The SMILES string of the molecule is O=C(Cc1ccccc1)NCC(=O)NC1CCSc2c(F)cccc21. The molecule has 2 amide bonds. The molecule has 6 heteroatoms. The van der Waals surface area contributed by atoms with Gasteiger partial charge in [-0.3, -0.25) is 9.59 Å². The Bertz CT molecular complexity index is 767. The van der Waals surface area contributed by atoms with E-state index in [0.29, 0.717) is 4.90 Å². The van der Waals surface area contributed by atoms with Gasteiger partial charge < -0.3 is 10.6 Å². The van der Waals surface area contributed by atoms with Crippen molar-refractivity contribution < 1.29 is 14.0 Å². The Balaban J connectivity index is 1.52. The third-order valence-corrected chi connectivity index (χ3v) is 5.17. The largest absolute Gasteiger partial charge is 0.348 e. The van der Waals surface area contributed by atoms with Crippen LogP contribution in [-0.4, -0.2) is 24.1 Å². The molecule has 1 unspecified atom stereocenters. The zero-order chi connectivity index (χ0) is 17.6. The molecule has 0 aromatic heterocycles. The van der Waals surface area contributed by atoms with Crippen LogP contribution < -0.4 is 10.6 Å². The maximum absolute atomic E-state index is 13.9. The van der Waals surface area contributed by atoms with Crippen LogP contribution >= 0.6 is 11.8 Å². The highest BCUT2D eigenvalue weighted by molar-refractivity contribution is 7.99.